The summed E-state index contributed by atoms with van der Waals surface area (Å²) in [7, 11) is 1.61. The number of amides is 1. The third kappa shape index (κ3) is 3.71. The number of benzene rings is 2. The molecule has 0 saturated heterocycles. The van der Waals surface area contributed by atoms with E-state index in [0.717, 1.165) is 10.8 Å². The van der Waals surface area contributed by atoms with Crippen LogP contribution in [0.3, 0.4) is 0 Å². The highest BCUT2D eigenvalue weighted by Crippen LogP contribution is 2.15. The Bertz CT molecular complexity index is 579. The lowest BCUT2D eigenvalue weighted by Crippen LogP contribution is -2.38. The van der Waals surface area contributed by atoms with Crippen LogP contribution in [0.2, 0.25) is 0 Å². The van der Waals surface area contributed by atoms with E-state index in [-0.39, 0.29) is 11.9 Å². The maximum atomic E-state index is 12.2. The van der Waals surface area contributed by atoms with Gasteiger partial charge in [-0.3, -0.25) is 4.79 Å². The van der Waals surface area contributed by atoms with Gasteiger partial charge in [-0.1, -0.05) is 30.3 Å². The summed E-state index contributed by atoms with van der Waals surface area (Å²) in [6, 6.07) is 13.6. The molecule has 1 N–H and O–H groups in total. The highest BCUT2D eigenvalue weighted by atomic mass is 35.5. The van der Waals surface area contributed by atoms with E-state index in [4.69, 9.17) is 16.3 Å². The Labute approximate surface area is 123 Å². The third-order valence-corrected chi connectivity index (χ3v) is 3.39. The fourth-order valence-corrected chi connectivity index (χ4v) is 2.39. The van der Waals surface area contributed by atoms with E-state index in [1.165, 1.54) is 0 Å². The second-order valence-electron chi connectivity index (χ2n) is 4.67. The summed E-state index contributed by atoms with van der Waals surface area (Å²) < 4.78 is 5.09. The summed E-state index contributed by atoms with van der Waals surface area (Å²) in [4.78, 5) is 12.2. The van der Waals surface area contributed by atoms with E-state index in [2.05, 4.69) is 5.32 Å². The van der Waals surface area contributed by atoms with Gasteiger partial charge in [-0.25, -0.2) is 0 Å². The Morgan fingerprint density at radius 2 is 2.00 bits per heavy atom. The third-order valence-electron chi connectivity index (χ3n) is 3.17. The number of rotatable bonds is 6. The van der Waals surface area contributed by atoms with Gasteiger partial charge in [0.05, 0.1) is 12.6 Å². The molecular weight excluding hydrogens is 274 g/mol. The number of nitrogens with one attached hydrogen (secondary N) is 1. The Morgan fingerprint density at radius 3 is 2.70 bits per heavy atom. The first-order chi connectivity index (χ1) is 9.74. The van der Waals surface area contributed by atoms with E-state index in [1.807, 2.05) is 42.5 Å². The van der Waals surface area contributed by atoms with Gasteiger partial charge in [-0.05, 0) is 29.3 Å². The summed E-state index contributed by atoms with van der Waals surface area (Å²) >= 11 is 5.73. The molecule has 2 aromatic carbocycles. The molecule has 0 saturated carbocycles. The number of carbonyl (C=O) groups excluding carboxylic acids is 1. The van der Waals surface area contributed by atoms with Crippen molar-refractivity contribution in [2.45, 2.75) is 12.5 Å². The van der Waals surface area contributed by atoms with Crippen molar-refractivity contribution >= 4 is 28.3 Å². The molecule has 0 radical (unpaired) electrons. The van der Waals surface area contributed by atoms with Crippen LogP contribution in [0, 0.1) is 0 Å². The zero-order valence-corrected chi connectivity index (χ0v) is 12.2. The zero-order valence-electron chi connectivity index (χ0n) is 11.4. The van der Waals surface area contributed by atoms with Gasteiger partial charge in [-0.15, -0.1) is 11.6 Å². The van der Waals surface area contributed by atoms with Crippen LogP contribution in [-0.2, 0) is 4.74 Å². The molecular formula is C16H18ClNO2. The largest absolute Gasteiger partial charge is 0.383 e. The monoisotopic (exact) mass is 291 g/mol. The molecule has 106 valence electrons. The van der Waals surface area contributed by atoms with Crippen LogP contribution in [-0.4, -0.2) is 31.5 Å². The molecule has 0 aliphatic rings. The van der Waals surface area contributed by atoms with Crippen molar-refractivity contribution in [3.05, 3.63) is 48.0 Å². The second-order valence-corrected chi connectivity index (χ2v) is 5.04. The predicted octanol–water partition coefficient (Wildman–Crippen LogP) is 3.21. The standard InChI is InChI=1S/C16H18ClNO2/c1-20-11-15(8-9-17)18-16(19)14-7-6-12-4-2-3-5-13(12)10-14/h2-7,10,15H,8-9,11H2,1H3,(H,18,19). The fourth-order valence-electron chi connectivity index (χ4n) is 2.13. The molecule has 0 spiro atoms. The number of carbonyl (C=O) groups is 1. The highest BCUT2D eigenvalue weighted by Gasteiger charge is 2.13. The zero-order chi connectivity index (χ0) is 14.4. The van der Waals surface area contributed by atoms with Gasteiger partial charge >= 0.3 is 0 Å². The minimum atomic E-state index is -0.0945. The van der Waals surface area contributed by atoms with Crippen molar-refractivity contribution in [2.24, 2.45) is 0 Å². The van der Waals surface area contributed by atoms with Crippen molar-refractivity contribution in [3.8, 4) is 0 Å². The SMILES string of the molecule is COCC(CCCl)NC(=O)c1ccc2ccccc2c1. The van der Waals surface area contributed by atoms with Gasteiger partial charge < -0.3 is 10.1 Å². The number of hydrogen-bond donors (Lipinski definition) is 1. The van der Waals surface area contributed by atoms with Gasteiger partial charge in [0.15, 0.2) is 0 Å². The first-order valence-electron chi connectivity index (χ1n) is 6.59. The first kappa shape index (κ1) is 14.8. The molecule has 0 aliphatic heterocycles. The summed E-state index contributed by atoms with van der Waals surface area (Å²) in [6.07, 6.45) is 0.689. The Kier molecular flexibility index (Phi) is 5.39. The van der Waals surface area contributed by atoms with Crippen molar-refractivity contribution in [1.82, 2.24) is 5.32 Å². The number of alkyl halides is 1. The molecule has 1 unspecified atom stereocenters. The molecule has 1 atom stereocenters. The van der Waals surface area contributed by atoms with Crippen LogP contribution in [0.4, 0.5) is 0 Å². The van der Waals surface area contributed by atoms with Crippen LogP contribution in [0.5, 0.6) is 0 Å². The van der Waals surface area contributed by atoms with E-state index in [9.17, 15) is 4.79 Å². The van der Waals surface area contributed by atoms with Crippen LogP contribution in [0.1, 0.15) is 16.8 Å². The maximum absolute atomic E-state index is 12.2. The van der Waals surface area contributed by atoms with Crippen molar-refractivity contribution < 1.29 is 9.53 Å². The van der Waals surface area contributed by atoms with Crippen LogP contribution in [0.25, 0.3) is 10.8 Å². The fraction of sp³-hybridized carbons (Fsp3) is 0.312. The summed E-state index contributed by atoms with van der Waals surface area (Å²) in [5, 5.41) is 5.13. The van der Waals surface area contributed by atoms with Crippen LogP contribution in [0.15, 0.2) is 42.5 Å². The molecule has 4 heteroatoms. The normalized spacial score (nSPS) is 12.3. The average molecular weight is 292 g/mol. The van der Waals surface area contributed by atoms with Crippen molar-refractivity contribution in [2.75, 3.05) is 19.6 Å². The minimum Gasteiger partial charge on any atom is -0.383 e. The predicted molar refractivity (Wildman–Crippen MR) is 82.4 cm³/mol. The Balaban J connectivity index is 2.13. The number of hydrogen-bond acceptors (Lipinski definition) is 2. The molecule has 2 rings (SSSR count). The van der Waals surface area contributed by atoms with Crippen molar-refractivity contribution in [1.29, 1.82) is 0 Å². The minimum absolute atomic E-state index is 0.0588. The summed E-state index contributed by atoms with van der Waals surface area (Å²) in [6.45, 7) is 0.464. The van der Waals surface area contributed by atoms with Gasteiger partial charge in [0.1, 0.15) is 0 Å². The molecule has 1 amide bonds. The first-order valence-corrected chi connectivity index (χ1v) is 7.12. The lowest BCUT2D eigenvalue weighted by Gasteiger charge is -2.16. The van der Waals surface area contributed by atoms with E-state index < -0.39 is 0 Å². The van der Waals surface area contributed by atoms with Crippen molar-refractivity contribution in [3.63, 3.8) is 0 Å². The molecule has 3 nitrogen and oxygen atoms in total. The molecule has 2 aromatic rings. The molecule has 20 heavy (non-hydrogen) atoms. The van der Waals surface area contributed by atoms with Gasteiger partial charge in [-0.2, -0.15) is 0 Å². The van der Waals surface area contributed by atoms with E-state index in [1.54, 1.807) is 7.11 Å². The number of fused-ring (bicyclic) bond motifs is 1. The lowest BCUT2D eigenvalue weighted by molar-refractivity contribution is 0.0895. The number of methoxy groups -OCH3 is 1. The van der Waals surface area contributed by atoms with Gasteiger partial charge in [0.25, 0.3) is 5.91 Å². The van der Waals surface area contributed by atoms with E-state index in [0.29, 0.717) is 24.5 Å². The maximum Gasteiger partial charge on any atom is 0.251 e. The summed E-state index contributed by atoms with van der Waals surface area (Å²) in [5.41, 5.74) is 0.652. The summed E-state index contributed by atoms with van der Waals surface area (Å²) in [5.74, 6) is 0.398. The molecule has 0 aliphatic carbocycles. The van der Waals surface area contributed by atoms with Crippen LogP contribution >= 0.6 is 11.6 Å². The Hall–Kier alpha value is -1.58. The topological polar surface area (TPSA) is 38.3 Å². The van der Waals surface area contributed by atoms with Gasteiger partial charge in [0.2, 0.25) is 0 Å². The highest BCUT2D eigenvalue weighted by molar-refractivity contribution is 6.17. The smallest absolute Gasteiger partial charge is 0.251 e. The lowest BCUT2D eigenvalue weighted by atomic mass is 10.1. The van der Waals surface area contributed by atoms with Gasteiger partial charge in [0, 0.05) is 18.6 Å². The second kappa shape index (κ2) is 7.27. The average Bonchev–Trinajstić information content (AvgIpc) is 2.47. The van der Waals surface area contributed by atoms with E-state index >= 15 is 0 Å². The Morgan fingerprint density at radius 1 is 1.25 bits per heavy atom. The molecule has 0 aromatic heterocycles. The number of halogens is 1. The molecule has 0 fully saturated rings. The molecule has 0 heterocycles. The molecule has 0 bridgehead atoms. The van der Waals surface area contributed by atoms with Crippen LogP contribution < -0.4 is 5.32 Å². The quantitative estimate of drug-likeness (QED) is 0.830. The number of ether oxygens (including phenoxy) is 1.